The Labute approximate surface area is 221 Å². The van der Waals surface area contributed by atoms with Crippen molar-refractivity contribution in [2.75, 3.05) is 5.75 Å². The Hall–Kier alpha value is -3.85. The quantitative estimate of drug-likeness (QED) is 0.300. The van der Waals surface area contributed by atoms with Gasteiger partial charge in [-0.25, -0.2) is 12.8 Å². The monoisotopic (exact) mass is 536 g/mol. The van der Waals surface area contributed by atoms with Crippen LogP contribution in [0.3, 0.4) is 0 Å². The van der Waals surface area contributed by atoms with E-state index in [4.69, 9.17) is 4.52 Å². The maximum Gasteiger partial charge on any atom is 0.307 e. The Balaban J connectivity index is 1.51. The highest BCUT2D eigenvalue weighted by Crippen LogP contribution is 2.27. The van der Waals surface area contributed by atoms with E-state index in [1.54, 1.807) is 18.2 Å². The zero-order valence-corrected chi connectivity index (χ0v) is 22.4. The Bertz CT molecular complexity index is 1550. The van der Waals surface area contributed by atoms with Crippen molar-refractivity contribution in [3.63, 3.8) is 0 Å². The normalized spacial score (nSPS) is 12.9. The van der Waals surface area contributed by atoms with Crippen molar-refractivity contribution in [1.29, 1.82) is 0 Å². The second-order valence-electron chi connectivity index (χ2n) is 10.4. The first-order valence-corrected chi connectivity index (χ1v) is 13.7. The van der Waals surface area contributed by atoms with Gasteiger partial charge < -0.3 is 9.63 Å². The number of hydrogen-bond acceptors (Lipinski definition) is 6. The van der Waals surface area contributed by atoms with Gasteiger partial charge in [0, 0.05) is 5.56 Å². The molecule has 0 aliphatic carbocycles. The molecule has 4 aromatic rings. The topological polar surface area (TPSA) is 110 Å². The third-order valence-corrected chi connectivity index (χ3v) is 8.16. The number of halogens is 1. The molecular weight excluding hydrogens is 507 g/mol. The molecular formula is C29H29FN2O5S. The van der Waals surface area contributed by atoms with Crippen LogP contribution in [-0.2, 0) is 26.5 Å². The number of sulfone groups is 1. The van der Waals surface area contributed by atoms with Crippen molar-refractivity contribution in [3.05, 3.63) is 89.2 Å². The summed E-state index contributed by atoms with van der Waals surface area (Å²) in [5.41, 5.74) is 3.03. The average Bonchev–Trinajstić information content (AvgIpc) is 3.33. The first kappa shape index (κ1) is 27.2. The Morgan fingerprint density at radius 3 is 2.26 bits per heavy atom. The van der Waals surface area contributed by atoms with E-state index in [0.29, 0.717) is 11.1 Å². The van der Waals surface area contributed by atoms with Gasteiger partial charge in [0.1, 0.15) is 5.82 Å². The van der Waals surface area contributed by atoms with Gasteiger partial charge in [0.15, 0.2) is 9.84 Å². The molecule has 7 nitrogen and oxygen atoms in total. The Kier molecular flexibility index (Phi) is 7.51. The molecule has 0 radical (unpaired) electrons. The largest absolute Gasteiger partial charge is 0.481 e. The molecule has 1 N–H and O–H groups in total. The minimum atomic E-state index is -3.88. The van der Waals surface area contributed by atoms with Crippen LogP contribution < -0.4 is 0 Å². The predicted octanol–water partition coefficient (Wildman–Crippen LogP) is 5.87. The summed E-state index contributed by atoms with van der Waals surface area (Å²) >= 11 is 0. The summed E-state index contributed by atoms with van der Waals surface area (Å²) in [6, 6.07) is 18.1. The van der Waals surface area contributed by atoms with Crippen LogP contribution >= 0.6 is 0 Å². The number of aromatic nitrogens is 2. The highest BCUT2D eigenvalue weighted by atomic mass is 32.2. The third kappa shape index (κ3) is 6.16. The molecule has 0 saturated heterocycles. The predicted molar refractivity (Wildman–Crippen MR) is 142 cm³/mol. The Morgan fingerprint density at radius 2 is 1.68 bits per heavy atom. The average molecular weight is 537 g/mol. The molecule has 0 bridgehead atoms. The molecule has 0 spiro atoms. The van der Waals surface area contributed by atoms with Crippen molar-refractivity contribution < 1.29 is 27.2 Å². The molecule has 38 heavy (non-hydrogen) atoms. The van der Waals surface area contributed by atoms with E-state index >= 15 is 4.39 Å². The van der Waals surface area contributed by atoms with Crippen LogP contribution in [-0.4, -0.2) is 35.4 Å². The maximum absolute atomic E-state index is 15.0. The van der Waals surface area contributed by atoms with E-state index in [2.05, 4.69) is 10.1 Å². The first-order chi connectivity index (χ1) is 17.8. The fraction of sp³-hybridized carbons (Fsp3) is 0.276. The molecule has 1 heterocycles. The van der Waals surface area contributed by atoms with Crippen molar-refractivity contribution in [2.24, 2.45) is 5.92 Å². The molecule has 1 aromatic heterocycles. The van der Waals surface area contributed by atoms with E-state index in [0.717, 1.165) is 11.1 Å². The molecule has 0 aliphatic rings. The molecule has 0 fully saturated rings. The second-order valence-corrected chi connectivity index (χ2v) is 12.4. The summed E-state index contributed by atoms with van der Waals surface area (Å²) in [6.45, 7) is 8.00. The van der Waals surface area contributed by atoms with Gasteiger partial charge in [-0.05, 0) is 66.3 Å². The van der Waals surface area contributed by atoms with Crippen LogP contribution in [0.1, 0.15) is 37.5 Å². The van der Waals surface area contributed by atoms with E-state index < -0.39 is 33.3 Å². The van der Waals surface area contributed by atoms with Crippen LogP contribution in [0.2, 0.25) is 0 Å². The Morgan fingerprint density at radius 1 is 1.03 bits per heavy atom. The summed E-state index contributed by atoms with van der Waals surface area (Å²) in [5, 5.41) is 13.6. The smallest absolute Gasteiger partial charge is 0.307 e. The van der Waals surface area contributed by atoms with E-state index in [-0.39, 0.29) is 34.0 Å². The lowest BCUT2D eigenvalue weighted by Crippen LogP contribution is -2.26. The SMILES string of the molecule is Cc1ccc(-c2nc(-c3ccc(CC(CS(=O)(=O)c4ccc(C(C)(C)C)cc4)C(=O)O)cc3F)no2)cc1. The summed E-state index contributed by atoms with van der Waals surface area (Å²) in [7, 11) is -3.88. The molecule has 0 aliphatic heterocycles. The van der Waals surface area contributed by atoms with Crippen molar-refractivity contribution in [2.45, 2.75) is 44.4 Å². The lowest BCUT2D eigenvalue weighted by molar-refractivity contribution is -0.140. The van der Waals surface area contributed by atoms with E-state index in [1.807, 2.05) is 52.0 Å². The van der Waals surface area contributed by atoms with Crippen LogP contribution in [0.5, 0.6) is 0 Å². The summed E-state index contributed by atoms with van der Waals surface area (Å²) < 4.78 is 46.2. The summed E-state index contributed by atoms with van der Waals surface area (Å²) in [4.78, 5) is 16.3. The van der Waals surface area contributed by atoms with Crippen LogP contribution in [0.25, 0.3) is 22.8 Å². The molecule has 0 saturated carbocycles. The molecule has 198 valence electrons. The zero-order chi connectivity index (χ0) is 27.7. The number of aryl methyl sites for hydroxylation is 1. The minimum absolute atomic E-state index is 0.0553. The van der Waals surface area contributed by atoms with Crippen molar-refractivity contribution >= 4 is 15.8 Å². The lowest BCUT2D eigenvalue weighted by Gasteiger charge is -2.19. The zero-order valence-electron chi connectivity index (χ0n) is 21.6. The van der Waals surface area contributed by atoms with Gasteiger partial charge in [-0.3, -0.25) is 4.79 Å². The fourth-order valence-electron chi connectivity index (χ4n) is 4.04. The van der Waals surface area contributed by atoms with Gasteiger partial charge >= 0.3 is 5.97 Å². The lowest BCUT2D eigenvalue weighted by atomic mass is 9.87. The summed E-state index contributed by atoms with van der Waals surface area (Å²) in [6.07, 6.45) is -0.160. The third-order valence-electron chi connectivity index (χ3n) is 6.33. The standard InChI is InChI=1S/C29H29FN2O5S/c1-18-5-8-20(9-6-18)27-31-26(32-37-27)24-14-7-19(16-25(24)30)15-21(28(33)34)17-38(35,36)23-12-10-22(11-13-23)29(2,3)4/h5-14,16,21H,15,17H2,1-4H3,(H,33,34). The van der Waals surface area contributed by atoms with Crippen molar-refractivity contribution in [1.82, 2.24) is 10.1 Å². The maximum atomic E-state index is 15.0. The van der Waals surface area contributed by atoms with Gasteiger partial charge in [-0.1, -0.05) is 61.8 Å². The number of rotatable bonds is 8. The molecule has 0 amide bonds. The molecule has 1 atom stereocenters. The highest BCUT2D eigenvalue weighted by Gasteiger charge is 2.28. The van der Waals surface area contributed by atoms with E-state index in [1.165, 1.54) is 24.3 Å². The minimum Gasteiger partial charge on any atom is -0.481 e. The van der Waals surface area contributed by atoms with Gasteiger partial charge in [-0.2, -0.15) is 4.98 Å². The molecule has 1 unspecified atom stereocenters. The number of aliphatic carboxylic acids is 1. The number of benzene rings is 3. The fourth-order valence-corrected chi connectivity index (χ4v) is 5.57. The number of carbonyl (C=O) groups is 1. The van der Waals surface area contributed by atoms with Crippen LogP contribution in [0.15, 0.2) is 76.1 Å². The number of carboxylic acids is 1. The van der Waals surface area contributed by atoms with Crippen LogP contribution in [0, 0.1) is 18.7 Å². The number of carboxylic acid groups (broad SMARTS) is 1. The van der Waals surface area contributed by atoms with Gasteiger partial charge in [-0.15, -0.1) is 0 Å². The molecule has 3 aromatic carbocycles. The number of nitrogens with zero attached hydrogens (tertiary/aromatic N) is 2. The van der Waals surface area contributed by atoms with Gasteiger partial charge in [0.2, 0.25) is 5.82 Å². The van der Waals surface area contributed by atoms with Gasteiger partial charge in [0.25, 0.3) is 5.89 Å². The van der Waals surface area contributed by atoms with Gasteiger partial charge in [0.05, 0.1) is 22.1 Å². The highest BCUT2D eigenvalue weighted by molar-refractivity contribution is 7.91. The molecule has 4 rings (SSSR count). The van der Waals surface area contributed by atoms with Crippen LogP contribution in [0.4, 0.5) is 4.39 Å². The second kappa shape index (κ2) is 10.5. The van der Waals surface area contributed by atoms with Crippen molar-refractivity contribution in [3.8, 4) is 22.8 Å². The van der Waals surface area contributed by atoms with E-state index in [9.17, 15) is 18.3 Å². The summed E-state index contributed by atoms with van der Waals surface area (Å²) in [5.74, 6) is -3.50. The first-order valence-electron chi connectivity index (χ1n) is 12.1. The molecule has 9 heteroatoms. The number of hydrogen-bond donors (Lipinski definition) is 1.